The summed E-state index contributed by atoms with van der Waals surface area (Å²) in [6.07, 6.45) is 13.9. The number of benzene rings is 3. The first-order valence-electron chi connectivity index (χ1n) is 13.8. The smallest absolute Gasteiger partial charge is 0.135 e. The van der Waals surface area contributed by atoms with Crippen molar-refractivity contribution in [3.63, 3.8) is 0 Å². The van der Waals surface area contributed by atoms with Gasteiger partial charge in [0.25, 0.3) is 0 Å². The Bertz CT molecular complexity index is 2210. The predicted octanol–water partition coefficient (Wildman–Crippen LogP) is 6.58. The summed E-state index contributed by atoms with van der Waals surface area (Å²) in [7, 11) is 0. The highest BCUT2D eigenvalue weighted by atomic mass is 16.3. The van der Waals surface area contributed by atoms with E-state index >= 15 is 0 Å². The van der Waals surface area contributed by atoms with E-state index in [2.05, 4.69) is 106 Å². The summed E-state index contributed by atoms with van der Waals surface area (Å²) in [5.41, 5.74) is 14.8. The molecule has 0 spiro atoms. The Morgan fingerprint density at radius 1 is 0.925 bits per heavy atom. The van der Waals surface area contributed by atoms with Crippen LogP contribution in [0.25, 0.3) is 67.6 Å². The van der Waals surface area contributed by atoms with E-state index in [4.69, 9.17) is 10.2 Å². The fourth-order valence-electron chi connectivity index (χ4n) is 6.70. The predicted molar refractivity (Wildman–Crippen MR) is 165 cm³/mol. The van der Waals surface area contributed by atoms with Crippen LogP contribution in [0.2, 0.25) is 0 Å². The first kappa shape index (κ1) is 22.9. The SMILES string of the molecule is CCc1c(/C=C\N)c2ccccc2n1-c1ccc2oc3c(c2c1)=CC(n1c2ccccc2c2ccncc21)CC=3. The molecule has 1 unspecified atom stereocenters. The molecule has 7 aromatic rings. The van der Waals surface area contributed by atoms with Crippen LogP contribution in [0, 0.1) is 0 Å². The van der Waals surface area contributed by atoms with Gasteiger partial charge in [0.1, 0.15) is 11.0 Å². The molecule has 40 heavy (non-hydrogen) atoms. The van der Waals surface area contributed by atoms with Crippen LogP contribution in [-0.2, 0) is 6.42 Å². The molecule has 0 bridgehead atoms. The van der Waals surface area contributed by atoms with Crippen LogP contribution in [0.1, 0.15) is 30.6 Å². The Morgan fingerprint density at radius 3 is 2.58 bits per heavy atom. The molecule has 1 aliphatic rings. The van der Waals surface area contributed by atoms with Crippen molar-refractivity contribution in [2.75, 3.05) is 0 Å². The maximum Gasteiger partial charge on any atom is 0.135 e. The summed E-state index contributed by atoms with van der Waals surface area (Å²) in [5.74, 6) is 0. The number of aromatic nitrogens is 3. The van der Waals surface area contributed by atoms with Gasteiger partial charge in [0, 0.05) is 55.4 Å². The van der Waals surface area contributed by atoms with Gasteiger partial charge in [0.05, 0.1) is 23.3 Å². The molecule has 3 aromatic carbocycles. The number of rotatable bonds is 4. The highest BCUT2D eigenvalue weighted by Gasteiger charge is 2.21. The fraction of sp³-hybridized carbons (Fsp3) is 0.114. The van der Waals surface area contributed by atoms with E-state index in [0.717, 1.165) is 45.6 Å². The number of nitrogens with two attached hydrogens (primary N) is 1. The molecule has 2 N–H and O–H groups in total. The van der Waals surface area contributed by atoms with Gasteiger partial charge in [-0.2, -0.15) is 0 Å². The van der Waals surface area contributed by atoms with E-state index in [1.807, 2.05) is 18.5 Å². The first-order chi connectivity index (χ1) is 19.8. The van der Waals surface area contributed by atoms with E-state index in [9.17, 15) is 0 Å². The van der Waals surface area contributed by atoms with Gasteiger partial charge in [-0.25, -0.2) is 0 Å². The first-order valence-corrected chi connectivity index (χ1v) is 13.8. The molecule has 0 amide bonds. The van der Waals surface area contributed by atoms with Gasteiger partial charge in [0.15, 0.2) is 0 Å². The van der Waals surface area contributed by atoms with E-state index in [0.29, 0.717) is 0 Å². The number of hydrogen-bond acceptors (Lipinski definition) is 3. The number of nitrogens with zero attached hydrogens (tertiary/aromatic N) is 3. The molecule has 194 valence electrons. The lowest BCUT2D eigenvalue weighted by molar-refractivity contribution is 0.564. The third kappa shape index (κ3) is 3.18. The van der Waals surface area contributed by atoms with E-state index in [-0.39, 0.29) is 6.04 Å². The number of hydrogen-bond donors (Lipinski definition) is 1. The van der Waals surface area contributed by atoms with Crippen LogP contribution < -0.4 is 16.4 Å². The Morgan fingerprint density at radius 2 is 1.73 bits per heavy atom. The van der Waals surface area contributed by atoms with Crippen molar-refractivity contribution < 1.29 is 4.42 Å². The Balaban J connectivity index is 1.36. The summed E-state index contributed by atoms with van der Waals surface area (Å²) < 4.78 is 11.2. The average Bonchev–Trinajstić information content (AvgIpc) is 3.64. The van der Waals surface area contributed by atoms with Crippen molar-refractivity contribution in [2.45, 2.75) is 25.8 Å². The van der Waals surface area contributed by atoms with Crippen LogP contribution in [-0.4, -0.2) is 14.1 Å². The molecule has 0 fully saturated rings. The van der Waals surface area contributed by atoms with Crippen molar-refractivity contribution in [1.82, 2.24) is 14.1 Å². The van der Waals surface area contributed by atoms with Gasteiger partial charge in [-0.15, -0.1) is 0 Å². The third-order valence-corrected chi connectivity index (χ3v) is 8.36. The monoisotopic (exact) mass is 520 g/mol. The van der Waals surface area contributed by atoms with Crippen molar-refractivity contribution in [2.24, 2.45) is 5.73 Å². The molecule has 5 heteroatoms. The van der Waals surface area contributed by atoms with Gasteiger partial charge in [-0.1, -0.05) is 43.3 Å². The Hall–Kier alpha value is -5.03. The van der Waals surface area contributed by atoms with Gasteiger partial charge in [-0.05, 0) is 73.7 Å². The minimum absolute atomic E-state index is 0.156. The molecule has 0 aliphatic heterocycles. The van der Waals surface area contributed by atoms with Crippen LogP contribution in [0.4, 0.5) is 0 Å². The Labute approximate surface area is 230 Å². The zero-order chi connectivity index (χ0) is 26.8. The van der Waals surface area contributed by atoms with Gasteiger partial charge in [0.2, 0.25) is 0 Å². The molecular formula is C35H28N4O. The lowest BCUT2D eigenvalue weighted by Crippen LogP contribution is -2.26. The van der Waals surface area contributed by atoms with Crippen LogP contribution in [0.5, 0.6) is 0 Å². The summed E-state index contributed by atoms with van der Waals surface area (Å²) >= 11 is 0. The van der Waals surface area contributed by atoms with E-state index < -0.39 is 0 Å². The minimum Gasteiger partial charge on any atom is -0.456 e. The molecule has 0 radical (unpaired) electrons. The fourth-order valence-corrected chi connectivity index (χ4v) is 6.70. The molecule has 0 saturated heterocycles. The van der Waals surface area contributed by atoms with E-state index in [1.165, 1.54) is 38.4 Å². The number of pyridine rings is 1. The molecule has 4 aromatic heterocycles. The number of furan rings is 1. The maximum absolute atomic E-state index is 6.36. The topological polar surface area (TPSA) is 61.9 Å². The normalized spacial score (nSPS) is 15.3. The summed E-state index contributed by atoms with van der Waals surface area (Å²) in [5, 5.41) is 5.98. The second-order valence-corrected chi connectivity index (χ2v) is 10.4. The zero-order valence-corrected chi connectivity index (χ0v) is 22.2. The zero-order valence-electron chi connectivity index (χ0n) is 22.2. The van der Waals surface area contributed by atoms with Gasteiger partial charge < -0.3 is 19.3 Å². The average molecular weight is 521 g/mol. The van der Waals surface area contributed by atoms with Crippen molar-refractivity contribution in [1.29, 1.82) is 0 Å². The molecule has 0 saturated carbocycles. The molecular weight excluding hydrogens is 492 g/mol. The van der Waals surface area contributed by atoms with Crippen LogP contribution in [0.15, 0.2) is 95.8 Å². The van der Waals surface area contributed by atoms with E-state index in [1.54, 1.807) is 6.20 Å². The lowest BCUT2D eigenvalue weighted by Gasteiger charge is -2.18. The highest BCUT2D eigenvalue weighted by Crippen LogP contribution is 2.35. The maximum atomic E-state index is 6.36. The highest BCUT2D eigenvalue weighted by molar-refractivity contribution is 6.08. The second kappa shape index (κ2) is 8.75. The van der Waals surface area contributed by atoms with Crippen molar-refractivity contribution >= 4 is 61.9 Å². The molecule has 4 heterocycles. The molecule has 5 nitrogen and oxygen atoms in total. The standard InChI is InChI=1S/C35H28N4O/c1-2-30-26(15-17-36)24-7-3-5-9-31(24)38(30)22-11-13-34-28(19-22)29-20-23(12-14-35(29)40-34)39-32-10-6-4-8-25(32)27-16-18-37-21-33(27)39/h3-11,13-21,23H,2,12,36H2,1H3/b17-15-. The number of para-hydroxylation sites is 2. The summed E-state index contributed by atoms with van der Waals surface area (Å²) in [6, 6.07) is 26.0. The van der Waals surface area contributed by atoms with Crippen molar-refractivity contribution in [3.8, 4) is 5.69 Å². The number of fused-ring (bicyclic) bond motifs is 7. The molecule has 1 aliphatic carbocycles. The summed E-state index contributed by atoms with van der Waals surface area (Å²) in [4.78, 5) is 4.47. The van der Waals surface area contributed by atoms with Crippen LogP contribution >= 0.6 is 0 Å². The minimum atomic E-state index is 0.156. The molecule has 1 atom stereocenters. The third-order valence-electron chi connectivity index (χ3n) is 8.36. The lowest BCUT2D eigenvalue weighted by atomic mass is 10.0. The second-order valence-electron chi connectivity index (χ2n) is 10.4. The quantitative estimate of drug-likeness (QED) is 0.285. The largest absolute Gasteiger partial charge is 0.456 e. The van der Waals surface area contributed by atoms with Crippen molar-refractivity contribution in [3.05, 3.63) is 113 Å². The van der Waals surface area contributed by atoms with Gasteiger partial charge >= 0.3 is 0 Å². The summed E-state index contributed by atoms with van der Waals surface area (Å²) in [6.45, 7) is 2.20. The molecule has 8 rings (SSSR count). The van der Waals surface area contributed by atoms with Crippen LogP contribution in [0.3, 0.4) is 0 Å². The van der Waals surface area contributed by atoms with Gasteiger partial charge in [-0.3, -0.25) is 4.98 Å². The Kier molecular flexibility index (Phi) is 5.01.